The van der Waals surface area contributed by atoms with Crippen molar-refractivity contribution >= 4 is 11.9 Å². The molecule has 3 aliphatic heterocycles. The number of carbonyl (C=O) groups is 2. The van der Waals surface area contributed by atoms with Crippen molar-refractivity contribution in [3.05, 3.63) is 85.1 Å². The number of ether oxygens (including phenoxy) is 4. The molecule has 1 aliphatic carbocycles. The lowest BCUT2D eigenvalue weighted by Crippen LogP contribution is -2.62. The first-order valence-electron chi connectivity index (χ1n) is 24.4. The first kappa shape index (κ1) is 58.1. The van der Waals surface area contributed by atoms with Gasteiger partial charge in [0.05, 0.1) is 85.5 Å². The smallest absolute Gasteiger partial charge is 0.308 e. The standard InChI is InChI=1S/C51H80N2O16/c1-30-18-15-13-11-9-7-5-6-8-10-12-14-16-21-38(68-50-48(63)45(52)47(62)33(4)67-50)27-42-44(49(64)53-34-19-17-20-34)41(59)29-51(65,69-42)28-37(56)25-40(58)39(57)23-22-35(54)24-36(55)26-43(60)66-32(3)31(2)46(30)61/h5-16,18,21,30-42,44-48,50,54-59,61-63,65H,17,19-20,22-29,52H2,1-4H3,(H,53,64)/b6-5+,9-7+,10-8+,13-11+,14-12+,18-15+,21-16+/t30-,31-,32-,33+,35+,36+,37-,38-,39+,40+,41-,42-,44?,45-,46+,47+,48-,50-,51+/m0/s1. The van der Waals surface area contributed by atoms with Gasteiger partial charge in [-0.05, 0) is 52.4 Å². The van der Waals surface area contributed by atoms with E-state index in [4.69, 9.17) is 24.7 Å². The molecule has 0 aromatic heterocycles. The van der Waals surface area contributed by atoms with Crippen molar-refractivity contribution in [3.63, 3.8) is 0 Å². The summed E-state index contributed by atoms with van der Waals surface area (Å²) in [5, 5.41) is 113. The lowest BCUT2D eigenvalue weighted by molar-refractivity contribution is -0.307. The largest absolute Gasteiger partial charge is 0.462 e. The summed E-state index contributed by atoms with van der Waals surface area (Å²) in [5.41, 5.74) is 6.11. The Balaban J connectivity index is 1.58. The van der Waals surface area contributed by atoms with Crippen LogP contribution >= 0.6 is 0 Å². The topological polar surface area (TPSA) is 311 Å². The van der Waals surface area contributed by atoms with Gasteiger partial charge in [-0.2, -0.15) is 0 Å². The van der Waals surface area contributed by atoms with Crippen molar-refractivity contribution < 1.29 is 79.6 Å². The predicted molar refractivity (Wildman–Crippen MR) is 255 cm³/mol. The van der Waals surface area contributed by atoms with Crippen LogP contribution in [0.2, 0.25) is 0 Å². The van der Waals surface area contributed by atoms with E-state index in [0.717, 1.165) is 19.3 Å². The molecule has 1 saturated carbocycles. The molecule has 4 rings (SSSR count). The first-order valence-corrected chi connectivity index (χ1v) is 24.4. The fraction of sp³-hybridized carbons (Fsp3) is 0.686. The van der Waals surface area contributed by atoms with E-state index in [9.17, 15) is 60.7 Å². The zero-order valence-corrected chi connectivity index (χ0v) is 40.3. The highest BCUT2D eigenvalue weighted by Gasteiger charge is 2.51. The van der Waals surface area contributed by atoms with Gasteiger partial charge in [-0.1, -0.05) is 98.9 Å². The van der Waals surface area contributed by atoms with Gasteiger partial charge in [0.15, 0.2) is 12.1 Å². The van der Waals surface area contributed by atoms with Crippen molar-refractivity contribution in [1.29, 1.82) is 0 Å². The number of amides is 1. The van der Waals surface area contributed by atoms with Crippen molar-refractivity contribution in [2.75, 3.05) is 0 Å². The summed E-state index contributed by atoms with van der Waals surface area (Å²) in [6.45, 7) is 6.82. The number of nitrogens with two attached hydrogens (primary N) is 1. The van der Waals surface area contributed by atoms with Crippen LogP contribution in [-0.2, 0) is 28.5 Å². The SMILES string of the molecule is C[C@@H]1[C@H](O)[C@@H](C)/C=C/C=C/C=C/C=C/C=C/C=C/C=C/[C@H](O[C@@H]2O[C@H](C)[C@@H](O)[C@H](N)[C@@H]2O)C[C@@H]2O[C@](O)(C[C@@H](O)C[C@@H](O)[C@H](O)CC[C@@H](O)C[C@@H](O)CC(=O)O[C@H]1C)C[C@H](O)C2C(=O)NC1CCC1. The number of aliphatic hydroxyl groups excluding tert-OH is 9. The monoisotopic (exact) mass is 977 g/mol. The molecule has 3 heterocycles. The fourth-order valence-electron chi connectivity index (χ4n) is 8.84. The molecular weight excluding hydrogens is 897 g/mol. The van der Waals surface area contributed by atoms with Crippen LogP contribution in [0, 0.1) is 17.8 Å². The van der Waals surface area contributed by atoms with E-state index in [1.165, 1.54) is 0 Å². The van der Waals surface area contributed by atoms with E-state index in [1.54, 1.807) is 63.3 Å². The van der Waals surface area contributed by atoms with Crippen molar-refractivity contribution in [2.45, 2.75) is 202 Å². The molecule has 2 bridgehead atoms. The van der Waals surface area contributed by atoms with Gasteiger partial charge in [0.1, 0.15) is 12.2 Å². The number of carbonyl (C=O) groups excluding carboxylic acids is 2. The maximum atomic E-state index is 13.8. The summed E-state index contributed by atoms with van der Waals surface area (Å²) in [4.78, 5) is 26.5. The lowest BCUT2D eigenvalue weighted by atomic mass is 9.81. The zero-order valence-electron chi connectivity index (χ0n) is 40.3. The molecular formula is C51H80N2O16. The summed E-state index contributed by atoms with van der Waals surface area (Å²) in [5.74, 6) is -5.41. The molecule has 1 unspecified atom stereocenters. The average Bonchev–Trinajstić information content (AvgIpc) is 3.26. The molecule has 390 valence electrons. The zero-order chi connectivity index (χ0) is 50.8. The maximum Gasteiger partial charge on any atom is 0.308 e. The third kappa shape index (κ3) is 18.9. The fourth-order valence-corrected chi connectivity index (χ4v) is 8.84. The summed E-state index contributed by atoms with van der Waals surface area (Å²) < 4.78 is 23.8. The minimum absolute atomic E-state index is 0.0856. The molecule has 4 aliphatic rings. The second-order valence-corrected chi connectivity index (χ2v) is 19.4. The summed E-state index contributed by atoms with van der Waals surface area (Å²) in [6.07, 6.45) is 7.71. The summed E-state index contributed by atoms with van der Waals surface area (Å²) >= 11 is 0. The normalized spacial score (nSPS) is 44.8. The van der Waals surface area contributed by atoms with Gasteiger partial charge in [0, 0.05) is 43.6 Å². The lowest BCUT2D eigenvalue weighted by Gasteiger charge is -2.46. The van der Waals surface area contributed by atoms with Crippen LogP contribution < -0.4 is 11.1 Å². The molecule has 1 amide bonds. The Kier molecular flexibility index (Phi) is 24.1. The molecule has 18 nitrogen and oxygen atoms in total. The molecule has 0 aromatic rings. The number of esters is 1. The number of cyclic esters (lactones) is 1. The highest BCUT2D eigenvalue weighted by molar-refractivity contribution is 5.80. The number of nitrogens with one attached hydrogen (secondary N) is 1. The van der Waals surface area contributed by atoms with E-state index >= 15 is 0 Å². The molecule has 3 fully saturated rings. The van der Waals surface area contributed by atoms with Crippen LogP contribution in [0.1, 0.15) is 98.3 Å². The Morgan fingerprint density at radius 3 is 1.86 bits per heavy atom. The van der Waals surface area contributed by atoms with Gasteiger partial charge in [-0.3, -0.25) is 9.59 Å². The van der Waals surface area contributed by atoms with Crippen molar-refractivity contribution in [1.82, 2.24) is 5.32 Å². The van der Waals surface area contributed by atoms with Crippen LogP contribution in [0.25, 0.3) is 0 Å². The van der Waals surface area contributed by atoms with Gasteiger partial charge >= 0.3 is 5.97 Å². The molecule has 0 spiro atoms. The quantitative estimate of drug-likeness (QED) is 0.177. The molecule has 13 N–H and O–H groups in total. The number of hydrogen-bond acceptors (Lipinski definition) is 17. The van der Waals surface area contributed by atoms with Crippen LogP contribution in [0.15, 0.2) is 85.1 Å². The Morgan fingerprint density at radius 1 is 0.667 bits per heavy atom. The van der Waals surface area contributed by atoms with Gasteiger partial charge in [-0.15, -0.1) is 0 Å². The number of allylic oxidation sites excluding steroid dienone is 12. The number of hydrogen-bond donors (Lipinski definition) is 12. The minimum Gasteiger partial charge on any atom is -0.462 e. The Bertz CT molecular complexity index is 1780. The van der Waals surface area contributed by atoms with Crippen LogP contribution in [0.5, 0.6) is 0 Å². The predicted octanol–water partition coefficient (Wildman–Crippen LogP) is 1.30. The molecule has 19 atom stereocenters. The Hall–Kier alpha value is -3.44. The number of rotatable bonds is 4. The van der Waals surface area contributed by atoms with E-state index in [-0.39, 0.29) is 37.6 Å². The third-order valence-corrected chi connectivity index (χ3v) is 13.5. The van der Waals surface area contributed by atoms with Gasteiger partial charge in [0.2, 0.25) is 5.91 Å². The number of aliphatic hydroxyl groups is 10. The van der Waals surface area contributed by atoms with Crippen LogP contribution in [0.4, 0.5) is 0 Å². The van der Waals surface area contributed by atoms with Gasteiger partial charge in [-0.25, -0.2) is 0 Å². The van der Waals surface area contributed by atoms with Gasteiger partial charge in [0.25, 0.3) is 0 Å². The first-order chi connectivity index (χ1) is 32.7. The van der Waals surface area contributed by atoms with E-state index in [0.29, 0.717) is 0 Å². The molecule has 2 saturated heterocycles. The molecule has 69 heavy (non-hydrogen) atoms. The Labute approximate surface area is 406 Å². The van der Waals surface area contributed by atoms with Crippen LogP contribution in [-0.4, -0.2) is 166 Å². The molecule has 18 heteroatoms. The van der Waals surface area contributed by atoms with Crippen molar-refractivity contribution in [3.8, 4) is 0 Å². The van der Waals surface area contributed by atoms with E-state index in [2.05, 4.69) is 5.32 Å². The van der Waals surface area contributed by atoms with E-state index < -0.39 is 147 Å². The minimum atomic E-state index is -2.24. The summed E-state index contributed by atoms with van der Waals surface area (Å²) in [6, 6.07) is -1.22. The number of fused-ring (bicyclic) bond motifs is 2. The van der Waals surface area contributed by atoms with E-state index in [1.807, 2.05) is 49.5 Å². The molecule has 0 aromatic carbocycles. The van der Waals surface area contributed by atoms with Crippen LogP contribution in [0.3, 0.4) is 0 Å². The van der Waals surface area contributed by atoms with Crippen molar-refractivity contribution in [2.24, 2.45) is 23.5 Å². The second kappa shape index (κ2) is 28.6. The summed E-state index contributed by atoms with van der Waals surface area (Å²) in [7, 11) is 0. The maximum absolute atomic E-state index is 13.8. The highest BCUT2D eigenvalue weighted by Crippen LogP contribution is 2.38. The highest BCUT2D eigenvalue weighted by atomic mass is 16.7. The van der Waals surface area contributed by atoms with Gasteiger partial charge < -0.3 is 81.1 Å². The Morgan fingerprint density at radius 2 is 1.26 bits per heavy atom. The average molecular weight is 977 g/mol. The molecule has 0 radical (unpaired) electrons. The third-order valence-electron chi connectivity index (χ3n) is 13.5. The second-order valence-electron chi connectivity index (χ2n) is 19.4.